The van der Waals surface area contributed by atoms with Crippen LogP contribution >= 0.6 is 24.0 Å². The molecule has 0 aromatic carbocycles. The zero-order valence-corrected chi connectivity index (χ0v) is 14.0. The fourth-order valence-electron chi connectivity index (χ4n) is 2.37. The molecule has 2 aliphatic heterocycles. The number of morpholine rings is 1. The van der Waals surface area contributed by atoms with Crippen LogP contribution in [-0.4, -0.2) is 58.8 Å². The van der Waals surface area contributed by atoms with Crippen LogP contribution < -0.4 is 0 Å². The third kappa shape index (κ3) is 3.82. The number of thioether (sulfide) groups is 1. The van der Waals surface area contributed by atoms with Crippen LogP contribution in [0.2, 0.25) is 0 Å². The Kier molecular flexibility index (Phi) is 5.14. The molecule has 0 bridgehead atoms. The number of ether oxygens (including phenoxy) is 1. The third-order valence-corrected chi connectivity index (χ3v) is 4.98. The van der Waals surface area contributed by atoms with E-state index in [0.717, 1.165) is 0 Å². The molecule has 0 spiro atoms. The highest BCUT2D eigenvalue weighted by molar-refractivity contribution is 8.26. The second-order valence-corrected chi connectivity index (χ2v) is 6.77. The van der Waals surface area contributed by atoms with Crippen molar-refractivity contribution in [3.8, 4) is 0 Å². The van der Waals surface area contributed by atoms with Gasteiger partial charge in [0.25, 0.3) is 5.91 Å². The minimum atomic E-state index is -0.175. The molecule has 2 aliphatic rings. The normalized spacial score (nSPS) is 20.6. The lowest BCUT2D eigenvalue weighted by Crippen LogP contribution is -2.42. The molecule has 8 heteroatoms. The minimum Gasteiger partial charge on any atom is -0.465 e. The summed E-state index contributed by atoms with van der Waals surface area (Å²) in [4.78, 5) is 28.3. The maximum Gasteiger partial charge on any atom is 0.266 e. The molecular formula is C15H16N2O4S2. The largest absolute Gasteiger partial charge is 0.465 e. The van der Waals surface area contributed by atoms with Gasteiger partial charge in [-0.1, -0.05) is 24.0 Å². The lowest BCUT2D eigenvalue weighted by Gasteiger charge is -2.27. The monoisotopic (exact) mass is 352 g/mol. The molecule has 3 rings (SSSR count). The Balaban J connectivity index is 1.58. The lowest BCUT2D eigenvalue weighted by atomic mass is 10.3. The van der Waals surface area contributed by atoms with E-state index in [0.29, 0.717) is 47.8 Å². The van der Waals surface area contributed by atoms with E-state index in [2.05, 4.69) is 0 Å². The molecule has 6 nitrogen and oxygen atoms in total. The number of furan rings is 1. The predicted octanol–water partition coefficient (Wildman–Crippen LogP) is 1.73. The highest BCUT2D eigenvalue weighted by Crippen LogP contribution is 2.32. The quantitative estimate of drug-likeness (QED) is 0.607. The Labute approximate surface area is 143 Å². The summed E-state index contributed by atoms with van der Waals surface area (Å²) in [5.74, 6) is 0.457. The molecule has 23 heavy (non-hydrogen) atoms. The fraction of sp³-hybridized carbons (Fsp3) is 0.400. The highest BCUT2D eigenvalue weighted by Gasteiger charge is 2.32. The highest BCUT2D eigenvalue weighted by atomic mass is 32.2. The first kappa shape index (κ1) is 16.2. The van der Waals surface area contributed by atoms with Crippen LogP contribution in [0.4, 0.5) is 0 Å². The Bertz CT molecular complexity index is 636. The van der Waals surface area contributed by atoms with Crippen LogP contribution in [0.15, 0.2) is 27.7 Å². The molecule has 0 atom stereocenters. The van der Waals surface area contributed by atoms with E-state index in [9.17, 15) is 9.59 Å². The van der Waals surface area contributed by atoms with Gasteiger partial charge in [-0.05, 0) is 12.1 Å². The average Bonchev–Trinajstić information content (AvgIpc) is 3.16. The molecule has 2 amide bonds. The molecule has 0 saturated carbocycles. The van der Waals surface area contributed by atoms with Gasteiger partial charge in [0.1, 0.15) is 10.1 Å². The molecule has 2 saturated heterocycles. The van der Waals surface area contributed by atoms with E-state index >= 15 is 0 Å². The predicted molar refractivity (Wildman–Crippen MR) is 90.6 cm³/mol. The van der Waals surface area contributed by atoms with E-state index < -0.39 is 0 Å². The summed E-state index contributed by atoms with van der Waals surface area (Å²) < 4.78 is 10.9. The van der Waals surface area contributed by atoms with Crippen molar-refractivity contribution >= 4 is 46.2 Å². The van der Waals surface area contributed by atoms with Crippen LogP contribution in [0.5, 0.6) is 0 Å². The van der Waals surface area contributed by atoms with E-state index in [-0.39, 0.29) is 18.2 Å². The first-order valence-electron chi connectivity index (χ1n) is 7.29. The van der Waals surface area contributed by atoms with Gasteiger partial charge in [0.2, 0.25) is 5.91 Å². The number of nitrogens with zero attached hydrogens (tertiary/aromatic N) is 2. The maximum absolute atomic E-state index is 12.4. The number of carbonyl (C=O) groups excluding carboxylic acids is 2. The van der Waals surface area contributed by atoms with Gasteiger partial charge in [0.05, 0.1) is 24.4 Å². The van der Waals surface area contributed by atoms with Gasteiger partial charge in [-0.25, -0.2) is 0 Å². The van der Waals surface area contributed by atoms with Crippen LogP contribution in [0.3, 0.4) is 0 Å². The summed E-state index contributed by atoms with van der Waals surface area (Å²) in [7, 11) is 0. The van der Waals surface area contributed by atoms with Crippen molar-refractivity contribution in [1.29, 1.82) is 0 Å². The summed E-state index contributed by atoms with van der Waals surface area (Å²) in [6.45, 7) is 2.65. The average molecular weight is 352 g/mol. The van der Waals surface area contributed by atoms with Gasteiger partial charge >= 0.3 is 0 Å². The standard InChI is InChI=1S/C15H16N2O4S2/c18-13(16-5-8-20-9-6-16)3-4-17-14(19)12(23-15(17)22)10-11-2-1-7-21-11/h1-2,7,10H,3-6,8-9H2/b12-10+. The zero-order chi connectivity index (χ0) is 16.2. The summed E-state index contributed by atoms with van der Waals surface area (Å²) in [6, 6.07) is 3.53. The van der Waals surface area contributed by atoms with Crippen LogP contribution in [0.1, 0.15) is 12.2 Å². The number of rotatable bonds is 4. The van der Waals surface area contributed by atoms with E-state index in [1.54, 1.807) is 29.4 Å². The first-order chi connectivity index (χ1) is 11.1. The van der Waals surface area contributed by atoms with E-state index in [4.69, 9.17) is 21.4 Å². The van der Waals surface area contributed by atoms with Gasteiger partial charge in [0, 0.05) is 32.1 Å². The van der Waals surface area contributed by atoms with Crippen molar-refractivity contribution in [1.82, 2.24) is 9.80 Å². The van der Waals surface area contributed by atoms with E-state index in [1.807, 2.05) is 0 Å². The number of hydrogen-bond acceptors (Lipinski definition) is 6. The topological polar surface area (TPSA) is 63.0 Å². The fourth-order valence-corrected chi connectivity index (χ4v) is 3.66. The molecule has 0 N–H and O–H groups in total. The lowest BCUT2D eigenvalue weighted by molar-refractivity contribution is -0.135. The van der Waals surface area contributed by atoms with Crippen molar-refractivity contribution in [3.05, 3.63) is 29.1 Å². The molecule has 122 valence electrons. The molecule has 0 unspecified atom stereocenters. The second-order valence-electron chi connectivity index (χ2n) is 5.09. The van der Waals surface area contributed by atoms with Crippen molar-refractivity contribution in [2.45, 2.75) is 6.42 Å². The van der Waals surface area contributed by atoms with Crippen molar-refractivity contribution in [2.24, 2.45) is 0 Å². The van der Waals surface area contributed by atoms with Gasteiger partial charge in [-0.3, -0.25) is 14.5 Å². The van der Waals surface area contributed by atoms with E-state index in [1.165, 1.54) is 16.7 Å². The molecule has 2 fully saturated rings. The van der Waals surface area contributed by atoms with Gasteiger partial charge in [-0.2, -0.15) is 0 Å². The van der Waals surface area contributed by atoms with Crippen molar-refractivity contribution in [2.75, 3.05) is 32.8 Å². The number of amides is 2. The van der Waals surface area contributed by atoms with Crippen LogP contribution in [-0.2, 0) is 14.3 Å². The molecule has 3 heterocycles. The number of hydrogen-bond donors (Lipinski definition) is 0. The van der Waals surface area contributed by atoms with Crippen molar-refractivity contribution in [3.63, 3.8) is 0 Å². The summed E-state index contributed by atoms with van der Waals surface area (Å²) in [6.07, 6.45) is 3.48. The molecular weight excluding hydrogens is 336 g/mol. The molecule has 0 aliphatic carbocycles. The Hall–Kier alpha value is -1.64. The van der Waals surface area contributed by atoms with Gasteiger partial charge in [-0.15, -0.1) is 0 Å². The zero-order valence-electron chi connectivity index (χ0n) is 12.4. The summed E-state index contributed by atoms with van der Waals surface area (Å²) in [5, 5.41) is 0. The number of thiocarbonyl (C=S) groups is 1. The van der Waals surface area contributed by atoms with Gasteiger partial charge < -0.3 is 14.1 Å². The molecule has 0 radical (unpaired) electrons. The Morgan fingerprint density at radius 1 is 1.39 bits per heavy atom. The van der Waals surface area contributed by atoms with Crippen LogP contribution in [0.25, 0.3) is 6.08 Å². The minimum absolute atomic E-state index is 0.0253. The first-order valence-corrected chi connectivity index (χ1v) is 8.52. The van der Waals surface area contributed by atoms with Gasteiger partial charge in [0.15, 0.2) is 0 Å². The van der Waals surface area contributed by atoms with Crippen molar-refractivity contribution < 1.29 is 18.7 Å². The molecule has 1 aromatic heterocycles. The smallest absolute Gasteiger partial charge is 0.266 e. The SMILES string of the molecule is O=C(CCN1C(=O)/C(=C\c2ccco2)SC1=S)N1CCOCC1. The van der Waals surface area contributed by atoms with Crippen LogP contribution in [0, 0.1) is 0 Å². The number of carbonyl (C=O) groups is 2. The maximum atomic E-state index is 12.4. The second kappa shape index (κ2) is 7.29. The Morgan fingerprint density at radius 2 is 2.17 bits per heavy atom. The Morgan fingerprint density at radius 3 is 2.87 bits per heavy atom. The molecule has 1 aromatic rings. The third-order valence-electron chi connectivity index (χ3n) is 3.60. The summed E-state index contributed by atoms with van der Waals surface area (Å²) >= 11 is 6.48. The summed E-state index contributed by atoms with van der Waals surface area (Å²) in [5.41, 5.74) is 0.